The van der Waals surface area contributed by atoms with E-state index in [9.17, 15) is 0 Å². The Morgan fingerprint density at radius 3 is 1.71 bits per heavy atom. The molecule has 0 aromatic carbocycles. The molecule has 3 fully saturated rings. The molecule has 8 unspecified atom stereocenters. The molecule has 0 aliphatic heterocycles. The predicted octanol–water partition coefficient (Wildman–Crippen LogP) is 3.67. The molecule has 0 heterocycles. The Morgan fingerprint density at radius 1 is 0.643 bits per heavy atom. The SMILES string of the molecule is CC(C)C1C(C)C2C1C(C)C1C(C)C12. The van der Waals surface area contributed by atoms with Gasteiger partial charge in [-0.25, -0.2) is 0 Å². The molecule has 0 aromatic heterocycles. The Hall–Kier alpha value is 0. The Morgan fingerprint density at radius 2 is 1.14 bits per heavy atom. The zero-order valence-electron chi connectivity index (χ0n) is 10.2. The number of hydrogen-bond donors (Lipinski definition) is 0. The Balaban J connectivity index is 1.82. The lowest BCUT2D eigenvalue weighted by atomic mass is 9.51. The molecule has 0 nitrogen and oxygen atoms in total. The predicted molar refractivity (Wildman–Crippen MR) is 59.8 cm³/mol. The Bertz CT molecular complexity index is 255. The normalized spacial score (nSPS) is 64.7. The van der Waals surface area contributed by atoms with Crippen LogP contribution in [-0.4, -0.2) is 0 Å². The maximum atomic E-state index is 2.53. The van der Waals surface area contributed by atoms with E-state index in [1.807, 2.05) is 0 Å². The van der Waals surface area contributed by atoms with Crippen molar-refractivity contribution in [2.24, 2.45) is 53.3 Å². The van der Waals surface area contributed by atoms with Crippen LogP contribution in [0.4, 0.5) is 0 Å². The van der Waals surface area contributed by atoms with Crippen molar-refractivity contribution in [3.8, 4) is 0 Å². The smallest absolute Gasteiger partial charge is 0.0318 e. The molecule has 0 amide bonds. The molecule has 3 saturated carbocycles. The molecule has 3 rings (SSSR count). The second-order valence-corrected chi connectivity index (χ2v) is 6.71. The lowest BCUT2D eigenvalue weighted by Gasteiger charge is -2.54. The molecule has 14 heavy (non-hydrogen) atoms. The first-order valence-electron chi connectivity index (χ1n) is 6.55. The summed E-state index contributed by atoms with van der Waals surface area (Å²) in [4.78, 5) is 0. The molecule has 0 heteroatoms. The highest BCUT2D eigenvalue weighted by Gasteiger charge is 2.70. The molecular weight excluding hydrogens is 168 g/mol. The summed E-state index contributed by atoms with van der Waals surface area (Å²) >= 11 is 0. The first kappa shape index (κ1) is 9.24. The van der Waals surface area contributed by atoms with Crippen molar-refractivity contribution in [3.05, 3.63) is 0 Å². The Labute approximate surface area is 88.5 Å². The van der Waals surface area contributed by atoms with Crippen LogP contribution in [0.1, 0.15) is 34.6 Å². The minimum Gasteiger partial charge on any atom is -0.0625 e. The van der Waals surface area contributed by atoms with Crippen LogP contribution in [0.5, 0.6) is 0 Å². The number of hydrogen-bond acceptors (Lipinski definition) is 0. The van der Waals surface area contributed by atoms with Crippen LogP contribution in [0.3, 0.4) is 0 Å². The van der Waals surface area contributed by atoms with E-state index in [0.29, 0.717) is 0 Å². The van der Waals surface area contributed by atoms with Gasteiger partial charge in [-0.15, -0.1) is 0 Å². The van der Waals surface area contributed by atoms with Crippen LogP contribution in [0.2, 0.25) is 0 Å². The molecular formula is C14H24. The van der Waals surface area contributed by atoms with Crippen molar-refractivity contribution in [2.45, 2.75) is 34.6 Å². The third kappa shape index (κ3) is 0.823. The van der Waals surface area contributed by atoms with Crippen molar-refractivity contribution in [3.63, 3.8) is 0 Å². The van der Waals surface area contributed by atoms with Gasteiger partial charge in [0.1, 0.15) is 0 Å². The molecule has 0 N–H and O–H groups in total. The van der Waals surface area contributed by atoms with Crippen molar-refractivity contribution in [2.75, 3.05) is 0 Å². The fourth-order valence-electron chi connectivity index (χ4n) is 5.65. The van der Waals surface area contributed by atoms with Crippen LogP contribution in [-0.2, 0) is 0 Å². The van der Waals surface area contributed by atoms with E-state index in [4.69, 9.17) is 0 Å². The number of fused-ring (bicyclic) bond motifs is 3. The minimum absolute atomic E-state index is 0.918. The van der Waals surface area contributed by atoms with E-state index in [1.54, 1.807) is 0 Å². The highest BCUT2D eigenvalue weighted by Crippen LogP contribution is 2.75. The highest BCUT2D eigenvalue weighted by atomic mass is 14.8. The minimum atomic E-state index is 0.918. The van der Waals surface area contributed by atoms with Gasteiger partial charge in [-0.1, -0.05) is 34.6 Å². The summed E-state index contributed by atoms with van der Waals surface area (Å²) in [6.45, 7) is 12.4. The molecule has 0 radical (unpaired) electrons. The Kier molecular flexibility index (Phi) is 1.70. The van der Waals surface area contributed by atoms with Gasteiger partial charge in [0.25, 0.3) is 0 Å². The van der Waals surface area contributed by atoms with Crippen LogP contribution in [0.25, 0.3) is 0 Å². The van der Waals surface area contributed by atoms with E-state index in [-0.39, 0.29) is 0 Å². The average Bonchev–Trinajstić information content (AvgIpc) is 2.61. The first-order chi connectivity index (χ1) is 6.55. The van der Waals surface area contributed by atoms with E-state index in [1.165, 1.54) is 0 Å². The third-order valence-electron chi connectivity index (χ3n) is 6.05. The van der Waals surface area contributed by atoms with Crippen molar-refractivity contribution in [1.82, 2.24) is 0 Å². The maximum absolute atomic E-state index is 2.53. The van der Waals surface area contributed by atoms with E-state index >= 15 is 0 Å². The lowest BCUT2D eigenvalue weighted by molar-refractivity contribution is -0.0618. The fraction of sp³-hybridized carbons (Fsp3) is 1.00. The third-order valence-corrected chi connectivity index (χ3v) is 6.05. The molecule has 0 aromatic rings. The van der Waals surface area contributed by atoms with E-state index in [2.05, 4.69) is 34.6 Å². The van der Waals surface area contributed by atoms with E-state index in [0.717, 1.165) is 53.3 Å². The van der Waals surface area contributed by atoms with Crippen molar-refractivity contribution < 1.29 is 0 Å². The van der Waals surface area contributed by atoms with Crippen LogP contribution < -0.4 is 0 Å². The standard InChI is InChI=1S/C14H24/c1-6(2)10-7(3)14-12(10)8(4)11-9(5)13(11)14/h6-14H,1-5H3. The van der Waals surface area contributed by atoms with Gasteiger partial charge in [0.05, 0.1) is 0 Å². The van der Waals surface area contributed by atoms with Gasteiger partial charge in [-0.3, -0.25) is 0 Å². The summed E-state index contributed by atoms with van der Waals surface area (Å²) < 4.78 is 0. The largest absolute Gasteiger partial charge is 0.0625 e. The van der Waals surface area contributed by atoms with Crippen LogP contribution in [0.15, 0.2) is 0 Å². The van der Waals surface area contributed by atoms with Gasteiger partial charge in [-0.05, 0) is 53.3 Å². The highest BCUT2D eigenvalue weighted by molar-refractivity contribution is 5.18. The van der Waals surface area contributed by atoms with Gasteiger partial charge in [0.2, 0.25) is 0 Å². The molecule has 8 atom stereocenters. The quantitative estimate of drug-likeness (QED) is 0.594. The van der Waals surface area contributed by atoms with Gasteiger partial charge < -0.3 is 0 Å². The summed E-state index contributed by atoms with van der Waals surface area (Å²) in [6.07, 6.45) is 0. The van der Waals surface area contributed by atoms with Crippen molar-refractivity contribution in [1.29, 1.82) is 0 Å². The molecule has 3 aliphatic rings. The summed E-state index contributed by atoms with van der Waals surface area (Å²) in [5.41, 5.74) is 0. The maximum Gasteiger partial charge on any atom is -0.0318 e. The summed E-state index contributed by atoms with van der Waals surface area (Å²) in [5, 5.41) is 0. The monoisotopic (exact) mass is 192 g/mol. The molecule has 0 bridgehead atoms. The van der Waals surface area contributed by atoms with E-state index < -0.39 is 0 Å². The molecule has 0 spiro atoms. The number of rotatable bonds is 1. The van der Waals surface area contributed by atoms with Crippen LogP contribution >= 0.6 is 0 Å². The van der Waals surface area contributed by atoms with Gasteiger partial charge in [0, 0.05) is 0 Å². The summed E-state index contributed by atoms with van der Waals surface area (Å²) in [5.74, 6) is 9.61. The lowest BCUT2D eigenvalue weighted by Crippen LogP contribution is -2.49. The summed E-state index contributed by atoms with van der Waals surface area (Å²) in [7, 11) is 0. The zero-order chi connectivity index (χ0) is 10.2. The van der Waals surface area contributed by atoms with Gasteiger partial charge >= 0.3 is 0 Å². The topological polar surface area (TPSA) is 0 Å². The zero-order valence-corrected chi connectivity index (χ0v) is 10.2. The second kappa shape index (κ2) is 2.57. The first-order valence-corrected chi connectivity index (χ1v) is 6.55. The van der Waals surface area contributed by atoms with Gasteiger partial charge in [-0.2, -0.15) is 0 Å². The molecule has 3 aliphatic carbocycles. The second-order valence-electron chi connectivity index (χ2n) is 6.71. The van der Waals surface area contributed by atoms with Crippen LogP contribution in [0, 0.1) is 53.3 Å². The van der Waals surface area contributed by atoms with Gasteiger partial charge in [0.15, 0.2) is 0 Å². The summed E-state index contributed by atoms with van der Waals surface area (Å²) in [6, 6.07) is 0. The van der Waals surface area contributed by atoms with Crippen molar-refractivity contribution >= 4 is 0 Å². The fourth-order valence-corrected chi connectivity index (χ4v) is 5.65. The molecule has 80 valence electrons. The average molecular weight is 192 g/mol. The molecule has 0 saturated heterocycles.